The zero-order valence-electron chi connectivity index (χ0n) is 9.61. The van der Waals surface area contributed by atoms with Crippen LogP contribution in [0, 0.1) is 10.1 Å². The number of non-ortho nitro benzene ring substituents is 1. The van der Waals surface area contributed by atoms with Gasteiger partial charge in [-0.2, -0.15) is 0 Å². The lowest BCUT2D eigenvalue weighted by Gasteiger charge is -2.01. The first-order chi connectivity index (χ1) is 9.15. The van der Waals surface area contributed by atoms with Crippen molar-refractivity contribution in [3.05, 3.63) is 63.1 Å². The minimum Gasteiger partial charge on any atom is -0.297 e. The van der Waals surface area contributed by atoms with Crippen LogP contribution >= 0.6 is 0 Å². The van der Waals surface area contributed by atoms with E-state index in [1.54, 1.807) is 24.4 Å². The van der Waals surface area contributed by atoms with Gasteiger partial charge < -0.3 is 0 Å². The molecular formula is C12H8N4O3. The van der Waals surface area contributed by atoms with Gasteiger partial charge in [-0.05, 0) is 0 Å². The van der Waals surface area contributed by atoms with Crippen LogP contribution in [0.15, 0.2) is 47.4 Å². The number of H-pyrrole nitrogens is 1. The number of nitro benzene ring substituents is 1. The van der Waals surface area contributed by atoms with Crippen LogP contribution in [0.1, 0.15) is 0 Å². The molecule has 0 aliphatic carbocycles. The molecule has 0 amide bonds. The number of rotatable bonds is 2. The van der Waals surface area contributed by atoms with E-state index in [0.29, 0.717) is 16.9 Å². The molecule has 0 unspecified atom stereocenters. The van der Waals surface area contributed by atoms with E-state index in [1.165, 1.54) is 22.7 Å². The van der Waals surface area contributed by atoms with Gasteiger partial charge >= 0.3 is 0 Å². The Hall–Kier alpha value is -2.96. The van der Waals surface area contributed by atoms with Crippen LogP contribution in [0.3, 0.4) is 0 Å². The second kappa shape index (κ2) is 4.05. The van der Waals surface area contributed by atoms with E-state index in [1.807, 2.05) is 0 Å². The fraction of sp³-hybridized carbons (Fsp3) is 0. The van der Waals surface area contributed by atoms with Crippen molar-refractivity contribution in [1.82, 2.24) is 14.6 Å². The summed E-state index contributed by atoms with van der Waals surface area (Å²) in [6, 6.07) is 9.02. The van der Waals surface area contributed by atoms with Crippen molar-refractivity contribution in [2.75, 3.05) is 0 Å². The molecule has 1 aromatic carbocycles. The Morgan fingerprint density at radius 2 is 2.11 bits per heavy atom. The summed E-state index contributed by atoms with van der Waals surface area (Å²) in [5.74, 6) is 0. The molecular weight excluding hydrogens is 248 g/mol. The number of benzene rings is 1. The van der Waals surface area contributed by atoms with Gasteiger partial charge in [0.05, 0.1) is 10.6 Å². The molecule has 0 spiro atoms. The second-order valence-electron chi connectivity index (χ2n) is 3.94. The van der Waals surface area contributed by atoms with Crippen LogP contribution < -0.4 is 5.56 Å². The molecule has 0 saturated carbocycles. The Kier molecular flexibility index (Phi) is 2.38. The van der Waals surface area contributed by atoms with Crippen LogP contribution in [0.25, 0.3) is 16.9 Å². The molecule has 0 bridgehead atoms. The average molecular weight is 256 g/mol. The number of hydrogen-bond acceptors (Lipinski definition) is 4. The monoisotopic (exact) mass is 256 g/mol. The lowest BCUT2D eigenvalue weighted by atomic mass is 10.1. The molecule has 1 N–H and O–H groups in total. The molecule has 0 fully saturated rings. The molecule has 7 nitrogen and oxygen atoms in total. The summed E-state index contributed by atoms with van der Waals surface area (Å²) in [7, 11) is 0. The summed E-state index contributed by atoms with van der Waals surface area (Å²) < 4.78 is 1.29. The topological polar surface area (TPSA) is 93.3 Å². The zero-order chi connectivity index (χ0) is 13.4. The highest BCUT2D eigenvalue weighted by molar-refractivity contribution is 5.64. The number of aromatic nitrogens is 3. The SMILES string of the molecule is O=c1cc(-c2cccc([N+](=O)[O-])c2)nc2cc[nH]n12. The van der Waals surface area contributed by atoms with Gasteiger partial charge in [0.1, 0.15) is 0 Å². The normalized spacial score (nSPS) is 10.7. The largest absolute Gasteiger partial charge is 0.297 e. The molecule has 19 heavy (non-hydrogen) atoms. The molecule has 0 aliphatic heterocycles. The van der Waals surface area contributed by atoms with Crippen LogP contribution in [0.2, 0.25) is 0 Å². The summed E-state index contributed by atoms with van der Waals surface area (Å²) in [5, 5.41) is 13.5. The van der Waals surface area contributed by atoms with Crippen molar-refractivity contribution < 1.29 is 4.92 Å². The van der Waals surface area contributed by atoms with Gasteiger partial charge in [0, 0.05) is 36.0 Å². The maximum atomic E-state index is 11.8. The maximum Gasteiger partial charge on any atom is 0.273 e. The van der Waals surface area contributed by atoms with Crippen molar-refractivity contribution in [3.63, 3.8) is 0 Å². The second-order valence-corrected chi connectivity index (χ2v) is 3.94. The minimum atomic E-state index is -0.481. The van der Waals surface area contributed by atoms with Crippen molar-refractivity contribution in [3.8, 4) is 11.3 Å². The highest BCUT2D eigenvalue weighted by Gasteiger charge is 2.10. The highest BCUT2D eigenvalue weighted by atomic mass is 16.6. The van der Waals surface area contributed by atoms with Gasteiger partial charge in [0.15, 0.2) is 5.65 Å². The Labute approximate surface area is 106 Å². The summed E-state index contributed by atoms with van der Waals surface area (Å²) in [5.41, 5.74) is 1.11. The summed E-state index contributed by atoms with van der Waals surface area (Å²) in [4.78, 5) is 26.3. The molecule has 0 radical (unpaired) electrons. The fourth-order valence-electron chi connectivity index (χ4n) is 1.85. The molecule has 3 rings (SSSR count). The Bertz CT molecular complexity index is 834. The Morgan fingerprint density at radius 3 is 2.89 bits per heavy atom. The summed E-state index contributed by atoms with van der Waals surface area (Å²) >= 11 is 0. The standard InChI is InChI=1S/C12H8N4O3/c17-12-7-10(14-11-4-5-13-15(11)12)8-2-1-3-9(6-8)16(18)19/h1-7,13H. The van der Waals surface area contributed by atoms with Crippen molar-refractivity contribution in [1.29, 1.82) is 0 Å². The predicted octanol–water partition coefficient (Wildman–Crippen LogP) is 1.60. The zero-order valence-corrected chi connectivity index (χ0v) is 9.61. The third-order valence-electron chi connectivity index (χ3n) is 2.73. The third-order valence-corrected chi connectivity index (χ3v) is 2.73. The fourth-order valence-corrected chi connectivity index (χ4v) is 1.85. The van der Waals surface area contributed by atoms with E-state index in [2.05, 4.69) is 10.1 Å². The van der Waals surface area contributed by atoms with Crippen LogP contribution in [0.4, 0.5) is 5.69 Å². The number of nitro groups is 1. The van der Waals surface area contributed by atoms with E-state index in [0.717, 1.165) is 0 Å². The molecule has 7 heteroatoms. The summed E-state index contributed by atoms with van der Waals surface area (Å²) in [6.45, 7) is 0. The number of aromatic amines is 1. The Morgan fingerprint density at radius 1 is 1.26 bits per heavy atom. The van der Waals surface area contributed by atoms with Crippen molar-refractivity contribution in [2.24, 2.45) is 0 Å². The van der Waals surface area contributed by atoms with Crippen molar-refractivity contribution >= 4 is 11.3 Å². The van der Waals surface area contributed by atoms with Gasteiger partial charge in [0.2, 0.25) is 0 Å². The molecule has 0 saturated heterocycles. The third kappa shape index (κ3) is 1.86. The van der Waals surface area contributed by atoms with Gasteiger partial charge in [-0.3, -0.25) is 20.0 Å². The first kappa shape index (κ1) is 11.1. The number of fused-ring (bicyclic) bond motifs is 1. The lowest BCUT2D eigenvalue weighted by Crippen LogP contribution is -2.14. The van der Waals surface area contributed by atoms with E-state index in [9.17, 15) is 14.9 Å². The smallest absolute Gasteiger partial charge is 0.273 e. The summed E-state index contributed by atoms with van der Waals surface area (Å²) in [6.07, 6.45) is 1.60. The molecule has 2 aromatic heterocycles. The lowest BCUT2D eigenvalue weighted by molar-refractivity contribution is -0.384. The van der Waals surface area contributed by atoms with Gasteiger partial charge in [-0.15, -0.1) is 0 Å². The highest BCUT2D eigenvalue weighted by Crippen LogP contribution is 2.21. The first-order valence-corrected chi connectivity index (χ1v) is 5.47. The number of nitrogens with zero attached hydrogens (tertiary/aromatic N) is 3. The number of nitrogens with one attached hydrogen (secondary N) is 1. The number of hydrogen-bond donors (Lipinski definition) is 1. The van der Waals surface area contributed by atoms with E-state index in [-0.39, 0.29) is 11.2 Å². The molecule has 3 aromatic rings. The molecule has 2 heterocycles. The van der Waals surface area contributed by atoms with Crippen molar-refractivity contribution in [2.45, 2.75) is 0 Å². The van der Waals surface area contributed by atoms with E-state index >= 15 is 0 Å². The van der Waals surface area contributed by atoms with Gasteiger partial charge in [-0.25, -0.2) is 9.50 Å². The minimum absolute atomic E-state index is 0.0337. The maximum absolute atomic E-state index is 11.8. The van der Waals surface area contributed by atoms with Crippen LogP contribution in [-0.2, 0) is 0 Å². The molecule has 0 atom stereocenters. The van der Waals surface area contributed by atoms with Gasteiger partial charge in [-0.1, -0.05) is 12.1 Å². The quantitative estimate of drug-likeness (QED) is 0.556. The van der Waals surface area contributed by atoms with Crippen LogP contribution in [-0.4, -0.2) is 19.5 Å². The van der Waals surface area contributed by atoms with Gasteiger partial charge in [0.25, 0.3) is 11.2 Å². The van der Waals surface area contributed by atoms with E-state index < -0.39 is 4.92 Å². The molecule has 94 valence electrons. The predicted molar refractivity (Wildman–Crippen MR) is 67.9 cm³/mol. The average Bonchev–Trinajstić information content (AvgIpc) is 2.87. The van der Waals surface area contributed by atoms with Crippen LogP contribution in [0.5, 0.6) is 0 Å². The van der Waals surface area contributed by atoms with E-state index in [4.69, 9.17) is 0 Å². The molecule has 0 aliphatic rings. The first-order valence-electron chi connectivity index (χ1n) is 5.47. The Balaban J connectivity index is 2.21.